The van der Waals surface area contributed by atoms with Crippen molar-refractivity contribution in [3.63, 3.8) is 0 Å². The van der Waals surface area contributed by atoms with Crippen LogP contribution in [0, 0.1) is 0 Å². The number of carbonyl (C=O) groups is 2. The summed E-state index contributed by atoms with van der Waals surface area (Å²) in [5.41, 5.74) is -0.736. The van der Waals surface area contributed by atoms with Gasteiger partial charge in [-0.05, 0) is 56.8 Å². The predicted octanol–water partition coefficient (Wildman–Crippen LogP) is 4.74. The molecule has 3 N–H and O–H groups in total. The van der Waals surface area contributed by atoms with E-state index in [9.17, 15) is 14.7 Å². The Kier molecular flexibility index (Phi) is 6.68. The molecule has 0 aliphatic rings. The Morgan fingerprint density at radius 2 is 1.62 bits per heavy atom. The summed E-state index contributed by atoms with van der Waals surface area (Å²) >= 11 is 10.0. The van der Waals surface area contributed by atoms with E-state index in [4.69, 9.17) is 0 Å². The number of carboxylic acid groups (broad SMARTS) is 1. The lowest BCUT2D eigenvalue weighted by molar-refractivity contribution is -0.144. The topological polar surface area (TPSA) is 78.4 Å². The number of benzene rings is 1. The Balaban J connectivity index is 2.95. The van der Waals surface area contributed by atoms with Crippen LogP contribution in [-0.2, 0) is 4.79 Å². The minimum atomic E-state index is -1.27. The molecule has 116 valence electrons. The molecule has 1 aromatic rings. The van der Waals surface area contributed by atoms with Gasteiger partial charge in [0.05, 0.1) is 5.69 Å². The quantitative estimate of drug-likeness (QED) is 0.562. The number of rotatable bonds is 5. The van der Waals surface area contributed by atoms with E-state index in [0.717, 1.165) is 4.47 Å². The normalized spacial score (nSPS) is 11.1. The van der Waals surface area contributed by atoms with Crippen molar-refractivity contribution >= 4 is 65.5 Å². The maximum atomic E-state index is 12.1. The SMILES string of the molecule is CCC(CC)(NC(=O)Nc1c(Br)cc(Br)cc1Br)C(=O)O. The van der Waals surface area contributed by atoms with Crippen molar-refractivity contribution in [3.05, 3.63) is 25.6 Å². The van der Waals surface area contributed by atoms with Gasteiger partial charge in [0, 0.05) is 13.4 Å². The van der Waals surface area contributed by atoms with Gasteiger partial charge in [-0.3, -0.25) is 0 Å². The summed E-state index contributed by atoms with van der Waals surface area (Å²) in [6.07, 6.45) is 0.601. The van der Waals surface area contributed by atoms with Crippen molar-refractivity contribution in [2.45, 2.75) is 32.2 Å². The molecule has 0 saturated heterocycles. The van der Waals surface area contributed by atoms with Crippen LogP contribution in [0.25, 0.3) is 0 Å². The first kappa shape index (κ1) is 18.4. The fourth-order valence-electron chi connectivity index (χ4n) is 1.81. The molecule has 1 rings (SSSR count). The average molecular weight is 487 g/mol. The molecule has 0 aromatic heterocycles. The first-order valence-electron chi connectivity index (χ1n) is 6.22. The molecule has 0 aliphatic heterocycles. The standard InChI is InChI=1S/C13H15Br3N2O3/c1-3-13(4-2,11(19)20)18-12(21)17-10-8(15)5-7(14)6-9(10)16/h5-6H,3-4H2,1-2H3,(H,19,20)(H2,17,18,21). The van der Waals surface area contributed by atoms with Gasteiger partial charge in [-0.25, -0.2) is 9.59 Å². The van der Waals surface area contributed by atoms with Gasteiger partial charge in [-0.2, -0.15) is 0 Å². The first-order chi connectivity index (χ1) is 9.75. The number of carbonyl (C=O) groups excluding carboxylic acids is 1. The molecule has 0 unspecified atom stereocenters. The molecule has 0 atom stereocenters. The summed E-state index contributed by atoms with van der Waals surface area (Å²) in [5.74, 6) is -1.04. The number of urea groups is 1. The smallest absolute Gasteiger partial charge is 0.329 e. The second kappa shape index (κ2) is 7.60. The lowest BCUT2D eigenvalue weighted by Gasteiger charge is -2.28. The monoisotopic (exact) mass is 484 g/mol. The minimum Gasteiger partial charge on any atom is -0.480 e. The van der Waals surface area contributed by atoms with Crippen molar-refractivity contribution < 1.29 is 14.7 Å². The van der Waals surface area contributed by atoms with E-state index >= 15 is 0 Å². The van der Waals surface area contributed by atoms with Gasteiger partial charge in [-0.1, -0.05) is 29.8 Å². The van der Waals surface area contributed by atoms with Gasteiger partial charge < -0.3 is 15.7 Å². The predicted molar refractivity (Wildman–Crippen MR) is 92.6 cm³/mol. The van der Waals surface area contributed by atoms with Crippen LogP contribution in [0.1, 0.15) is 26.7 Å². The largest absolute Gasteiger partial charge is 0.480 e. The highest BCUT2D eigenvalue weighted by Gasteiger charge is 2.36. The van der Waals surface area contributed by atoms with E-state index in [2.05, 4.69) is 58.4 Å². The molecule has 5 nitrogen and oxygen atoms in total. The molecule has 2 amide bonds. The average Bonchev–Trinajstić information content (AvgIpc) is 2.40. The zero-order chi connectivity index (χ0) is 16.2. The Hall–Kier alpha value is -0.600. The fourth-order valence-corrected chi connectivity index (χ4v) is 4.26. The third kappa shape index (κ3) is 4.43. The van der Waals surface area contributed by atoms with Gasteiger partial charge in [-0.15, -0.1) is 0 Å². The molecule has 0 fully saturated rings. The van der Waals surface area contributed by atoms with Crippen molar-refractivity contribution in [3.8, 4) is 0 Å². The summed E-state index contributed by atoms with van der Waals surface area (Å²) in [6, 6.07) is 3.00. The lowest BCUT2D eigenvalue weighted by Crippen LogP contribution is -2.55. The maximum Gasteiger partial charge on any atom is 0.329 e. The Bertz CT molecular complexity index is 537. The highest BCUT2D eigenvalue weighted by atomic mass is 79.9. The molecule has 0 aliphatic carbocycles. The number of hydrogen-bond acceptors (Lipinski definition) is 2. The molecule has 21 heavy (non-hydrogen) atoms. The Morgan fingerprint density at radius 3 is 2.00 bits per heavy atom. The van der Waals surface area contributed by atoms with Crippen LogP contribution in [-0.4, -0.2) is 22.6 Å². The third-order valence-corrected chi connectivity index (χ3v) is 4.92. The van der Waals surface area contributed by atoms with E-state index < -0.39 is 17.5 Å². The molecule has 0 radical (unpaired) electrons. The molecule has 0 heterocycles. The first-order valence-corrected chi connectivity index (χ1v) is 8.60. The number of halogens is 3. The molecule has 0 bridgehead atoms. The Morgan fingerprint density at radius 1 is 1.14 bits per heavy atom. The van der Waals surface area contributed by atoms with Gasteiger partial charge >= 0.3 is 12.0 Å². The van der Waals surface area contributed by atoms with Crippen LogP contribution in [0.4, 0.5) is 10.5 Å². The number of anilines is 1. The molecule has 0 saturated carbocycles. The van der Waals surface area contributed by atoms with Gasteiger partial charge in [0.15, 0.2) is 0 Å². The van der Waals surface area contributed by atoms with Crippen LogP contribution in [0.2, 0.25) is 0 Å². The van der Waals surface area contributed by atoms with Crippen molar-refractivity contribution in [2.24, 2.45) is 0 Å². The van der Waals surface area contributed by atoms with Gasteiger partial charge in [0.1, 0.15) is 5.54 Å². The zero-order valence-corrected chi connectivity index (χ0v) is 16.2. The number of amides is 2. The summed E-state index contributed by atoms with van der Waals surface area (Å²) < 4.78 is 2.19. The summed E-state index contributed by atoms with van der Waals surface area (Å²) in [5, 5.41) is 14.5. The second-order valence-corrected chi connectivity index (χ2v) is 7.04. The summed E-state index contributed by atoms with van der Waals surface area (Å²) in [6.45, 7) is 3.45. The highest BCUT2D eigenvalue weighted by molar-refractivity contribution is 9.11. The Labute approximate surface area is 148 Å². The highest BCUT2D eigenvalue weighted by Crippen LogP contribution is 2.34. The van der Waals surface area contributed by atoms with Crippen LogP contribution in [0.15, 0.2) is 25.6 Å². The molecule has 8 heteroatoms. The molecular weight excluding hydrogens is 472 g/mol. The van der Waals surface area contributed by atoms with Crippen molar-refractivity contribution in [2.75, 3.05) is 5.32 Å². The zero-order valence-electron chi connectivity index (χ0n) is 11.5. The van der Waals surface area contributed by atoms with E-state index in [1.54, 1.807) is 26.0 Å². The fraction of sp³-hybridized carbons (Fsp3) is 0.385. The maximum absolute atomic E-state index is 12.1. The van der Waals surface area contributed by atoms with Gasteiger partial charge in [0.2, 0.25) is 0 Å². The lowest BCUT2D eigenvalue weighted by atomic mass is 9.93. The second-order valence-electron chi connectivity index (χ2n) is 4.42. The third-order valence-electron chi connectivity index (χ3n) is 3.21. The number of aliphatic carboxylic acids is 1. The summed E-state index contributed by atoms with van der Waals surface area (Å²) in [7, 11) is 0. The number of nitrogens with one attached hydrogen (secondary N) is 2. The molecular formula is C13H15Br3N2O3. The molecule has 1 aromatic carbocycles. The van der Waals surface area contributed by atoms with E-state index in [1.165, 1.54) is 0 Å². The van der Waals surface area contributed by atoms with Crippen molar-refractivity contribution in [1.82, 2.24) is 5.32 Å². The van der Waals surface area contributed by atoms with Gasteiger partial charge in [0.25, 0.3) is 0 Å². The van der Waals surface area contributed by atoms with Crippen LogP contribution in [0.5, 0.6) is 0 Å². The number of hydrogen-bond donors (Lipinski definition) is 3. The van der Waals surface area contributed by atoms with E-state index in [1.807, 2.05) is 0 Å². The van der Waals surface area contributed by atoms with Crippen molar-refractivity contribution in [1.29, 1.82) is 0 Å². The van der Waals surface area contributed by atoms with E-state index in [0.29, 0.717) is 27.5 Å². The van der Waals surface area contributed by atoms with Crippen LogP contribution < -0.4 is 10.6 Å². The summed E-state index contributed by atoms with van der Waals surface area (Å²) in [4.78, 5) is 23.5. The minimum absolute atomic E-state index is 0.301. The van der Waals surface area contributed by atoms with Crippen LogP contribution >= 0.6 is 47.8 Å². The number of carboxylic acids is 1. The van der Waals surface area contributed by atoms with E-state index in [-0.39, 0.29) is 0 Å². The molecule has 0 spiro atoms. The van der Waals surface area contributed by atoms with Crippen LogP contribution in [0.3, 0.4) is 0 Å².